The lowest BCUT2D eigenvalue weighted by atomic mass is 9.99. The van der Waals surface area contributed by atoms with Gasteiger partial charge in [0.05, 0.1) is 12.1 Å². The van der Waals surface area contributed by atoms with Crippen molar-refractivity contribution >= 4 is 28.7 Å². The van der Waals surface area contributed by atoms with E-state index < -0.39 is 0 Å². The van der Waals surface area contributed by atoms with Crippen molar-refractivity contribution < 1.29 is 9.59 Å². The van der Waals surface area contributed by atoms with Gasteiger partial charge in [-0.2, -0.15) is 0 Å². The Kier molecular flexibility index (Phi) is 4.75. The summed E-state index contributed by atoms with van der Waals surface area (Å²) in [7, 11) is 0. The van der Waals surface area contributed by atoms with Crippen LogP contribution in [0.25, 0.3) is 5.57 Å². The maximum Gasteiger partial charge on any atom is 0.278 e. The molecule has 0 spiro atoms. The summed E-state index contributed by atoms with van der Waals surface area (Å²) >= 11 is 1.51. The zero-order valence-corrected chi connectivity index (χ0v) is 17.6. The van der Waals surface area contributed by atoms with E-state index in [2.05, 4.69) is 23.1 Å². The third kappa shape index (κ3) is 3.25. The van der Waals surface area contributed by atoms with Gasteiger partial charge >= 0.3 is 0 Å². The number of aryl methyl sites for hydroxylation is 1. The van der Waals surface area contributed by atoms with Gasteiger partial charge in [0.25, 0.3) is 11.8 Å². The van der Waals surface area contributed by atoms with Crippen molar-refractivity contribution in [3.05, 3.63) is 98.9 Å². The standard InChI is InChI=1S/C25H22N2O2S/c1-17-8-10-18(11-9-17)15-27-24(28)22(21-7-4-14-30-21)23(25(27)29)26-13-12-19-5-2-3-6-20(19)16-26/h2-11,14H,12-13,15-16H2,1H3. The van der Waals surface area contributed by atoms with Crippen molar-refractivity contribution in [2.45, 2.75) is 26.4 Å². The molecular weight excluding hydrogens is 392 g/mol. The van der Waals surface area contributed by atoms with E-state index in [0.717, 1.165) is 29.0 Å². The highest BCUT2D eigenvalue weighted by atomic mass is 32.1. The molecule has 0 unspecified atom stereocenters. The summed E-state index contributed by atoms with van der Waals surface area (Å²) in [6, 6.07) is 20.2. The Morgan fingerprint density at radius 3 is 2.40 bits per heavy atom. The number of hydrogen-bond acceptors (Lipinski definition) is 4. The van der Waals surface area contributed by atoms with Crippen LogP contribution in [0, 0.1) is 6.92 Å². The van der Waals surface area contributed by atoms with Gasteiger partial charge in [0, 0.05) is 18.0 Å². The molecule has 2 aliphatic heterocycles. The minimum Gasteiger partial charge on any atom is -0.362 e. The minimum atomic E-state index is -0.197. The van der Waals surface area contributed by atoms with Crippen molar-refractivity contribution in [3.63, 3.8) is 0 Å². The van der Waals surface area contributed by atoms with E-state index in [-0.39, 0.29) is 11.8 Å². The molecule has 0 atom stereocenters. The van der Waals surface area contributed by atoms with Crippen molar-refractivity contribution in [2.75, 3.05) is 6.54 Å². The highest BCUT2D eigenvalue weighted by Gasteiger charge is 2.42. The van der Waals surface area contributed by atoms with E-state index in [4.69, 9.17) is 0 Å². The fourth-order valence-electron chi connectivity index (χ4n) is 4.21. The zero-order valence-electron chi connectivity index (χ0n) is 16.8. The van der Waals surface area contributed by atoms with Crippen molar-refractivity contribution in [2.24, 2.45) is 0 Å². The summed E-state index contributed by atoms with van der Waals surface area (Å²) in [5.41, 5.74) is 5.74. The number of carbonyl (C=O) groups excluding carboxylic acids is 2. The van der Waals surface area contributed by atoms with Crippen molar-refractivity contribution in [1.82, 2.24) is 9.80 Å². The Hall–Kier alpha value is -3.18. The molecule has 2 aromatic carbocycles. The summed E-state index contributed by atoms with van der Waals surface area (Å²) < 4.78 is 0. The average Bonchev–Trinajstić information content (AvgIpc) is 3.37. The molecule has 4 nitrogen and oxygen atoms in total. The fourth-order valence-corrected chi connectivity index (χ4v) is 4.97. The molecule has 5 heteroatoms. The zero-order chi connectivity index (χ0) is 20.7. The maximum atomic E-state index is 13.5. The van der Waals surface area contributed by atoms with E-state index in [1.54, 1.807) is 0 Å². The van der Waals surface area contributed by atoms with Crippen LogP contribution in [-0.4, -0.2) is 28.2 Å². The highest BCUT2D eigenvalue weighted by Crippen LogP contribution is 2.36. The van der Waals surface area contributed by atoms with Crippen LogP contribution in [0.4, 0.5) is 0 Å². The van der Waals surface area contributed by atoms with Gasteiger partial charge < -0.3 is 4.90 Å². The van der Waals surface area contributed by atoms with Crippen LogP contribution in [0.15, 0.2) is 71.7 Å². The van der Waals surface area contributed by atoms with Gasteiger partial charge in [-0.1, -0.05) is 60.2 Å². The fraction of sp³-hybridized carbons (Fsp3) is 0.200. The third-order valence-electron chi connectivity index (χ3n) is 5.82. The van der Waals surface area contributed by atoms with E-state index >= 15 is 0 Å². The Morgan fingerprint density at radius 1 is 0.900 bits per heavy atom. The highest BCUT2D eigenvalue weighted by molar-refractivity contribution is 7.11. The summed E-state index contributed by atoms with van der Waals surface area (Å²) in [6.07, 6.45) is 0.872. The smallest absolute Gasteiger partial charge is 0.278 e. The first-order chi connectivity index (χ1) is 14.6. The maximum absolute atomic E-state index is 13.5. The monoisotopic (exact) mass is 414 g/mol. The Bertz CT molecular complexity index is 1150. The van der Waals surface area contributed by atoms with E-state index in [0.29, 0.717) is 24.4 Å². The molecule has 0 fully saturated rings. The number of hydrogen-bond donors (Lipinski definition) is 0. The van der Waals surface area contributed by atoms with E-state index in [1.165, 1.54) is 27.4 Å². The van der Waals surface area contributed by atoms with Gasteiger partial charge in [-0.25, -0.2) is 0 Å². The van der Waals surface area contributed by atoms with Crippen LogP contribution in [0.3, 0.4) is 0 Å². The van der Waals surface area contributed by atoms with Gasteiger partial charge in [-0.05, 0) is 41.5 Å². The second kappa shape index (κ2) is 7.58. The lowest BCUT2D eigenvalue weighted by Crippen LogP contribution is -2.37. The van der Waals surface area contributed by atoms with Crippen molar-refractivity contribution in [3.8, 4) is 0 Å². The van der Waals surface area contributed by atoms with Gasteiger partial charge in [0.1, 0.15) is 5.70 Å². The van der Waals surface area contributed by atoms with Crippen LogP contribution in [0.2, 0.25) is 0 Å². The molecule has 0 bridgehead atoms. The summed E-state index contributed by atoms with van der Waals surface area (Å²) in [4.78, 5) is 31.3. The number of nitrogens with zero attached hydrogens (tertiary/aromatic N) is 2. The molecule has 0 saturated carbocycles. The van der Waals surface area contributed by atoms with Gasteiger partial charge in [0.15, 0.2) is 0 Å². The Morgan fingerprint density at radius 2 is 1.67 bits per heavy atom. The lowest BCUT2D eigenvalue weighted by Gasteiger charge is -2.31. The normalized spacial score (nSPS) is 16.4. The minimum absolute atomic E-state index is 0.191. The van der Waals surface area contributed by atoms with E-state index in [1.807, 2.05) is 54.8 Å². The molecule has 0 N–H and O–H groups in total. The molecule has 0 radical (unpaired) electrons. The number of amides is 2. The van der Waals surface area contributed by atoms with Gasteiger partial charge in [-0.3, -0.25) is 14.5 Å². The van der Waals surface area contributed by atoms with Crippen LogP contribution in [-0.2, 0) is 29.1 Å². The second-order valence-electron chi connectivity index (χ2n) is 7.82. The predicted molar refractivity (Wildman–Crippen MR) is 119 cm³/mol. The molecule has 2 aliphatic rings. The molecule has 5 rings (SSSR count). The van der Waals surface area contributed by atoms with Gasteiger partial charge in [-0.15, -0.1) is 11.3 Å². The summed E-state index contributed by atoms with van der Waals surface area (Å²) in [6.45, 7) is 3.70. The van der Waals surface area contributed by atoms with Crippen LogP contribution >= 0.6 is 11.3 Å². The first-order valence-electron chi connectivity index (χ1n) is 10.1. The molecule has 3 aromatic rings. The molecule has 30 heavy (non-hydrogen) atoms. The van der Waals surface area contributed by atoms with Crippen LogP contribution < -0.4 is 0 Å². The van der Waals surface area contributed by atoms with Crippen LogP contribution in [0.5, 0.6) is 0 Å². The number of fused-ring (bicyclic) bond motifs is 1. The number of benzene rings is 2. The molecule has 3 heterocycles. The molecular formula is C25H22N2O2S. The van der Waals surface area contributed by atoms with Crippen LogP contribution in [0.1, 0.15) is 27.1 Å². The quantitative estimate of drug-likeness (QED) is 0.595. The van der Waals surface area contributed by atoms with Crippen molar-refractivity contribution in [1.29, 1.82) is 0 Å². The number of thiophene rings is 1. The Balaban J connectivity index is 1.52. The summed E-state index contributed by atoms with van der Waals surface area (Å²) in [5.74, 6) is -0.389. The first kappa shape index (κ1) is 18.8. The largest absolute Gasteiger partial charge is 0.362 e. The van der Waals surface area contributed by atoms with Gasteiger partial charge in [0.2, 0.25) is 0 Å². The molecule has 2 amide bonds. The number of carbonyl (C=O) groups is 2. The van der Waals surface area contributed by atoms with E-state index in [9.17, 15) is 9.59 Å². The molecule has 0 aliphatic carbocycles. The Labute approximate surface area is 180 Å². The average molecular weight is 415 g/mol. The lowest BCUT2D eigenvalue weighted by molar-refractivity contribution is -0.138. The topological polar surface area (TPSA) is 40.6 Å². The summed E-state index contributed by atoms with van der Waals surface area (Å²) in [5, 5.41) is 1.95. The number of rotatable bonds is 4. The molecule has 1 aromatic heterocycles. The first-order valence-corrected chi connectivity index (χ1v) is 11.0. The SMILES string of the molecule is Cc1ccc(CN2C(=O)C(c3cccs3)=C(N3CCc4ccccc4C3)C2=O)cc1. The third-order valence-corrected chi connectivity index (χ3v) is 6.71. The molecule has 150 valence electrons. The second-order valence-corrected chi connectivity index (χ2v) is 8.77. The molecule has 0 saturated heterocycles. The number of imide groups is 1. The predicted octanol–water partition coefficient (Wildman–Crippen LogP) is 4.39.